The predicted molar refractivity (Wildman–Crippen MR) is 129 cm³/mol. The average molecular weight is 464 g/mol. The van der Waals surface area contributed by atoms with Gasteiger partial charge < -0.3 is 19.9 Å². The first-order valence-corrected chi connectivity index (χ1v) is 11.8. The van der Waals surface area contributed by atoms with Gasteiger partial charge in [-0.2, -0.15) is 11.8 Å². The predicted octanol–water partition coefficient (Wildman–Crippen LogP) is 4.92. The van der Waals surface area contributed by atoms with Gasteiger partial charge in [-0.05, 0) is 39.9 Å². The van der Waals surface area contributed by atoms with E-state index in [1.165, 1.54) is 11.8 Å². The largest absolute Gasteiger partial charge is 0.497 e. The molecular weight excluding hydrogens is 438 g/mol. The molecule has 0 spiro atoms. The van der Waals surface area contributed by atoms with E-state index in [-0.39, 0.29) is 18.3 Å². The summed E-state index contributed by atoms with van der Waals surface area (Å²) in [5, 5.41) is 12.0. The summed E-state index contributed by atoms with van der Waals surface area (Å²) in [6.07, 6.45) is -0.727. The van der Waals surface area contributed by atoms with Crippen molar-refractivity contribution in [1.82, 2.24) is 5.32 Å². The summed E-state index contributed by atoms with van der Waals surface area (Å²) in [6.45, 7) is 0.144. The summed E-state index contributed by atoms with van der Waals surface area (Å²) < 4.78 is 10.6. The molecule has 0 aromatic heterocycles. The number of carboxylic acid groups (broad SMARTS) is 1. The second-order valence-corrected chi connectivity index (χ2v) is 8.75. The van der Waals surface area contributed by atoms with Gasteiger partial charge in [0.1, 0.15) is 18.4 Å². The van der Waals surface area contributed by atoms with Crippen LogP contribution in [-0.2, 0) is 15.3 Å². The van der Waals surface area contributed by atoms with Crippen LogP contribution >= 0.6 is 11.8 Å². The van der Waals surface area contributed by atoms with E-state index in [9.17, 15) is 14.7 Å². The van der Waals surface area contributed by atoms with Crippen molar-refractivity contribution >= 4 is 23.8 Å². The van der Waals surface area contributed by atoms with Crippen LogP contribution in [0.3, 0.4) is 0 Å². The molecule has 1 amide bonds. The number of methoxy groups -OCH3 is 1. The van der Waals surface area contributed by atoms with Crippen LogP contribution in [0.25, 0.3) is 11.1 Å². The summed E-state index contributed by atoms with van der Waals surface area (Å²) in [5.74, 6) is 0.455. The van der Waals surface area contributed by atoms with Gasteiger partial charge in [0.2, 0.25) is 0 Å². The van der Waals surface area contributed by atoms with Crippen molar-refractivity contribution in [2.45, 2.75) is 17.7 Å². The number of amides is 1. The lowest BCUT2D eigenvalue weighted by atomic mass is 9.98. The number of alkyl carbamates (subject to hydrolysis) is 1. The van der Waals surface area contributed by atoms with Gasteiger partial charge in [0, 0.05) is 17.4 Å². The fourth-order valence-corrected chi connectivity index (χ4v) is 4.98. The Balaban J connectivity index is 1.32. The molecule has 3 aromatic rings. The number of thioether (sulfide) groups is 1. The summed E-state index contributed by atoms with van der Waals surface area (Å²) >= 11 is 1.43. The van der Waals surface area contributed by atoms with E-state index in [1.807, 2.05) is 60.7 Å². The first-order valence-electron chi connectivity index (χ1n) is 10.6. The molecular formula is C26H25NO5S. The number of ether oxygens (including phenoxy) is 2. The summed E-state index contributed by atoms with van der Waals surface area (Å²) in [7, 11) is 1.61. The zero-order chi connectivity index (χ0) is 23.2. The van der Waals surface area contributed by atoms with Gasteiger partial charge in [0.25, 0.3) is 0 Å². The number of fused-ring (bicyclic) bond motifs is 3. The maximum absolute atomic E-state index is 12.4. The monoisotopic (exact) mass is 463 g/mol. The number of benzene rings is 3. The minimum atomic E-state index is -1.09. The summed E-state index contributed by atoms with van der Waals surface area (Å²) in [5.41, 5.74) is 5.54. The zero-order valence-corrected chi connectivity index (χ0v) is 19.0. The summed E-state index contributed by atoms with van der Waals surface area (Å²) in [4.78, 5) is 24.1. The molecule has 0 aliphatic heterocycles. The maximum Gasteiger partial charge on any atom is 0.407 e. The van der Waals surface area contributed by atoms with Crippen LogP contribution < -0.4 is 10.1 Å². The van der Waals surface area contributed by atoms with Crippen molar-refractivity contribution < 1.29 is 24.2 Å². The minimum Gasteiger partial charge on any atom is -0.497 e. The Morgan fingerprint density at radius 3 is 2.15 bits per heavy atom. The number of hydrogen-bond acceptors (Lipinski definition) is 5. The van der Waals surface area contributed by atoms with Gasteiger partial charge in [-0.3, -0.25) is 0 Å². The number of carboxylic acids is 1. The third kappa shape index (κ3) is 5.31. The number of hydrogen-bond donors (Lipinski definition) is 2. The Bertz CT molecular complexity index is 1090. The van der Waals surface area contributed by atoms with E-state index in [0.29, 0.717) is 5.75 Å². The van der Waals surface area contributed by atoms with Crippen molar-refractivity contribution in [2.24, 2.45) is 0 Å². The molecule has 7 heteroatoms. The molecule has 1 unspecified atom stereocenters. The van der Waals surface area contributed by atoms with Crippen LogP contribution in [0.4, 0.5) is 4.79 Å². The van der Waals surface area contributed by atoms with E-state index in [1.54, 1.807) is 7.11 Å². The van der Waals surface area contributed by atoms with Crippen molar-refractivity contribution in [3.8, 4) is 16.9 Å². The molecule has 0 fully saturated rings. The standard InChI is InChI=1S/C26H25NO5S/c1-31-18-12-10-17(11-13-18)15-33-16-24(25(28)29)27-26(30)32-14-23-21-8-4-2-6-19(21)20-7-3-5-9-22(20)23/h2-13,23-24H,14-16H2,1H3,(H,27,30)(H,28,29). The second kappa shape index (κ2) is 10.4. The lowest BCUT2D eigenvalue weighted by Crippen LogP contribution is -2.43. The van der Waals surface area contributed by atoms with Crippen LogP contribution in [0.1, 0.15) is 22.6 Å². The van der Waals surface area contributed by atoms with Gasteiger partial charge in [0.15, 0.2) is 0 Å². The highest BCUT2D eigenvalue weighted by atomic mass is 32.2. The molecule has 3 aromatic carbocycles. The minimum absolute atomic E-state index is 0.0733. The molecule has 33 heavy (non-hydrogen) atoms. The van der Waals surface area contributed by atoms with E-state index in [2.05, 4.69) is 17.4 Å². The van der Waals surface area contributed by atoms with E-state index in [0.717, 1.165) is 33.6 Å². The Kier molecular flexibility index (Phi) is 7.19. The molecule has 0 radical (unpaired) electrons. The number of rotatable bonds is 9. The zero-order valence-electron chi connectivity index (χ0n) is 18.2. The van der Waals surface area contributed by atoms with Gasteiger partial charge in [0.05, 0.1) is 7.11 Å². The Hall–Kier alpha value is -3.45. The van der Waals surface area contributed by atoms with E-state index >= 15 is 0 Å². The molecule has 2 N–H and O–H groups in total. The van der Waals surface area contributed by atoms with Gasteiger partial charge in [-0.25, -0.2) is 9.59 Å². The van der Waals surface area contributed by atoms with Gasteiger partial charge >= 0.3 is 12.1 Å². The first-order chi connectivity index (χ1) is 16.1. The lowest BCUT2D eigenvalue weighted by molar-refractivity contribution is -0.138. The molecule has 4 rings (SSSR count). The maximum atomic E-state index is 12.4. The van der Waals surface area contributed by atoms with Crippen LogP contribution in [0.2, 0.25) is 0 Å². The molecule has 0 saturated heterocycles. The molecule has 0 heterocycles. The van der Waals surface area contributed by atoms with Crippen molar-refractivity contribution in [2.75, 3.05) is 19.5 Å². The van der Waals surface area contributed by atoms with Crippen molar-refractivity contribution in [1.29, 1.82) is 0 Å². The van der Waals surface area contributed by atoms with Crippen LogP contribution in [-0.4, -0.2) is 42.7 Å². The second-order valence-electron chi connectivity index (χ2n) is 7.72. The van der Waals surface area contributed by atoms with Crippen LogP contribution in [0, 0.1) is 0 Å². The topological polar surface area (TPSA) is 84.9 Å². The summed E-state index contributed by atoms with van der Waals surface area (Å²) in [6, 6.07) is 22.7. The quantitative estimate of drug-likeness (QED) is 0.469. The third-order valence-electron chi connectivity index (χ3n) is 5.65. The number of carbonyl (C=O) groups excluding carboxylic acids is 1. The van der Waals surface area contributed by atoms with Gasteiger partial charge in [-0.15, -0.1) is 0 Å². The Morgan fingerprint density at radius 2 is 1.58 bits per heavy atom. The molecule has 1 aliphatic rings. The molecule has 170 valence electrons. The fraction of sp³-hybridized carbons (Fsp3) is 0.231. The first kappa shape index (κ1) is 22.7. The normalized spacial score (nSPS) is 13.0. The lowest BCUT2D eigenvalue weighted by Gasteiger charge is -2.17. The fourth-order valence-electron chi connectivity index (χ4n) is 3.97. The number of carbonyl (C=O) groups is 2. The molecule has 6 nitrogen and oxygen atoms in total. The van der Waals surface area contributed by atoms with Crippen LogP contribution in [0.5, 0.6) is 5.75 Å². The van der Waals surface area contributed by atoms with Crippen LogP contribution in [0.15, 0.2) is 72.8 Å². The third-order valence-corrected chi connectivity index (χ3v) is 6.75. The molecule has 0 bridgehead atoms. The van der Waals surface area contributed by atoms with Crippen molar-refractivity contribution in [3.05, 3.63) is 89.5 Å². The Morgan fingerprint density at radius 1 is 0.970 bits per heavy atom. The molecule has 1 atom stereocenters. The SMILES string of the molecule is COc1ccc(CSCC(NC(=O)OCC2c3ccccc3-c3ccccc32)C(=O)O)cc1. The smallest absolute Gasteiger partial charge is 0.407 e. The Labute approximate surface area is 196 Å². The highest BCUT2D eigenvalue weighted by molar-refractivity contribution is 7.98. The molecule has 0 saturated carbocycles. The molecule has 1 aliphatic carbocycles. The number of aliphatic carboxylic acids is 1. The highest BCUT2D eigenvalue weighted by Crippen LogP contribution is 2.44. The van der Waals surface area contributed by atoms with E-state index in [4.69, 9.17) is 9.47 Å². The highest BCUT2D eigenvalue weighted by Gasteiger charge is 2.29. The van der Waals surface area contributed by atoms with E-state index < -0.39 is 18.1 Å². The average Bonchev–Trinajstić information content (AvgIpc) is 3.16. The van der Waals surface area contributed by atoms with Gasteiger partial charge in [-0.1, -0.05) is 60.7 Å². The van der Waals surface area contributed by atoms with Crippen molar-refractivity contribution in [3.63, 3.8) is 0 Å². The number of nitrogens with one attached hydrogen (secondary N) is 1.